The number of carbonyl (C=O) groups excluding carboxylic acids is 1. The van der Waals surface area contributed by atoms with Gasteiger partial charge in [0.2, 0.25) is 5.88 Å². The van der Waals surface area contributed by atoms with Gasteiger partial charge in [0.1, 0.15) is 23.1 Å². The van der Waals surface area contributed by atoms with E-state index in [9.17, 15) is 13.6 Å². The van der Waals surface area contributed by atoms with Crippen LogP contribution in [-0.4, -0.2) is 18.0 Å². The Morgan fingerprint density at radius 3 is 2.62 bits per heavy atom. The van der Waals surface area contributed by atoms with Crippen LogP contribution < -0.4 is 10.1 Å². The average Bonchev–Trinajstić information content (AvgIpc) is 3.42. The number of thiophene rings is 1. The number of nitrogens with one attached hydrogen (secondary N) is 1. The van der Waals surface area contributed by atoms with E-state index in [2.05, 4.69) is 10.3 Å². The molecule has 8 heteroatoms. The molecule has 29 heavy (non-hydrogen) atoms. The van der Waals surface area contributed by atoms with Gasteiger partial charge in [0, 0.05) is 16.6 Å². The highest BCUT2D eigenvalue weighted by Crippen LogP contribution is 2.36. The first-order valence-electron chi connectivity index (χ1n) is 8.50. The van der Waals surface area contributed by atoms with Crippen molar-refractivity contribution in [3.63, 3.8) is 0 Å². The van der Waals surface area contributed by atoms with E-state index in [0.717, 1.165) is 29.0 Å². The number of anilines is 1. The molecule has 0 fully saturated rings. The molecule has 3 aromatic heterocycles. The number of hydrogen-bond donors (Lipinski definition) is 1. The van der Waals surface area contributed by atoms with Gasteiger partial charge in [0.15, 0.2) is 0 Å². The molecule has 0 spiro atoms. The Hall–Kier alpha value is -3.52. The number of carbonyl (C=O) groups is 1. The van der Waals surface area contributed by atoms with Crippen LogP contribution in [0, 0.1) is 11.6 Å². The Morgan fingerprint density at radius 2 is 1.93 bits per heavy atom. The molecule has 0 unspecified atom stereocenters. The zero-order chi connectivity index (χ0) is 20.4. The molecule has 3 heterocycles. The second-order valence-electron chi connectivity index (χ2n) is 5.97. The molecule has 0 atom stereocenters. The summed E-state index contributed by atoms with van der Waals surface area (Å²) in [6, 6.07) is 12.1. The second kappa shape index (κ2) is 7.84. The van der Waals surface area contributed by atoms with Crippen LogP contribution in [0.1, 0.15) is 9.67 Å². The first kappa shape index (κ1) is 18.8. The number of amides is 1. The van der Waals surface area contributed by atoms with Crippen LogP contribution in [0.3, 0.4) is 0 Å². The number of pyridine rings is 1. The van der Waals surface area contributed by atoms with Gasteiger partial charge in [-0.1, -0.05) is 6.07 Å². The fourth-order valence-corrected chi connectivity index (χ4v) is 3.68. The Morgan fingerprint density at radius 1 is 1.14 bits per heavy atom. The lowest BCUT2D eigenvalue weighted by molar-refractivity contribution is 0.102. The highest BCUT2D eigenvalue weighted by atomic mass is 32.1. The van der Waals surface area contributed by atoms with Gasteiger partial charge >= 0.3 is 0 Å². The van der Waals surface area contributed by atoms with Crippen LogP contribution in [0.2, 0.25) is 0 Å². The van der Waals surface area contributed by atoms with Gasteiger partial charge in [-0.15, -0.1) is 11.3 Å². The van der Waals surface area contributed by atoms with Crippen LogP contribution in [0.15, 0.2) is 65.4 Å². The van der Waals surface area contributed by atoms with Crippen LogP contribution in [0.4, 0.5) is 14.5 Å². The van der Waals surface area contributed by atoms with E-state index in [1.807, 2.05) is 12.1 Å². The molecule has 1 aromatic carbocycles. The standard InChI is InChI=1S/C21H14F2N2O3S/c1-27-21-13(10-12(11-24-21)16-6-3-9-28-16)17-7-8-18(29-17)20(26)25-19-14(22)4-2-5-15(19)23/h2-11H,1H3,(H,25,26). The quantitative estimate of drug-likeness (QED) is 0.463. The first-order chi connectivity index (χ1) is 14.1. The Kier molecular flexibility index (Phi) is 5.09. The molecule has 146 valence electrons. The van der Waals surface area contributed by atoms with E-state index in [-0.39, 0.29) is 4.88 Å². The van der Waals surface area contributed by atoms with Crippen molar-refractivity contribution in [2.45, 2.75) is 0 Å². The van der Waals surface area contributed by atoms with Crippen molar-refractivity contribution in [1.29, 1.82) is 0 Å². The minimum Gasteiger partial charge on any atom is -0.481 e. The third-order valence-corrected chi connectivity index (χ3v) is 5.26. The number of methoxy groups -OCH3 is 1. The predicted molar refractivity (Wildman–Crippen MR) is 106 cm³/mol. The number of ether oxygens (including phenoxy) is 1. The minimum atomic E-state index is -0.841. The maximum absolute atomic E-state index is 13.8. The fourth-order valence-electron chi connectivity index (χ4n) is 2.77. The lowest BCUT2D eigenvalue weighted by Crippen LogP contribution is -2.12. The summed E-state index contributed by atoms with van der Waals surface area (Å²) < 4.78 is 38.3. The van der Waals surface area contributed by atoms with Gasteiger partial charge in [-0.05, 0) is 42.5 Å². The van der Waals surface area contributed by atoms with Crippen LogP contribution in [-0.2, 0) is 0 Å². The summed E-state index contributed by atoms with van der Waals surface area (Å²) in [5, 5.41) is 2.28. The van der Waals surface area contributed by atoms with Crippen molar-refractivity contribution in [2.75, 3.05) is 12.4 Å². The lowest BCUT2D eigenvalue weighted by atomic mass is 10.1. The Bertz CT molecular complexity index is 1150. The number of aromatic nitrogens is 1. The van der Waals surface area contributed by atoms with Crippen LogP contribution in [0.25, 0.3) is 21.8 Å². The number of nitrogens with zero attached hydrogens (tertiary/aromatic N) is 1. The van der Waals surface area contributed by atoms with E-state index < -0.39 is 23.2 Å². The molecule has 5 nitrogen and oxygen atoms in total. The maximum Gasteiger partial charge on any atom is 0.265 e. The molecular formula is C21H14F2N2O3S. The van der Waals surface area contributed by atoms with Gasteiger partial charge in [0.25, 0.3) is 5.91 Å². The number of rotatable bonds is 5. The molecule has 4 aromatic rings. The summed E-state index contributed by atoms with van der Waals surface area (Å²) >= 11 is 1.15. The van der Waals surface area contributed by atoms with E-state index in [1.165, 1.54) is 13.2 Å². The summed E-state index contributed by atoms with van der Waals surface area (Å²) in [7, 11) is 1.50. The van der Waals surface area contributed by atoms with Crippen molar-refractivity contribution < 1.29 is 22.7 Å². The van der Waals surface area contributed by atoms with Gasteiger partial charge < -0.3 is 14.5 Å². The smallest absolute Gasteiger partial charge is 0.265 e. The van der Waals surface area contributed by atoms with Crippen LogP contribution in [0.5, 0.6) is 5.88 Å². The molecule has 1 N–H and O–H groups in total. The van der Waals surface area contributed by atoms with Gasteiger partial charge in [0.05, 0.1) is 23.8 Å². The van der Waals surface area contributed by atoms with Crippen molar-refractivity contribution >= 4 is 22.9 Å². The Labute approximate surface area is 168 Å². The second-order valence-corrected chi connectivity index (χ2v) is 7.06. The summed E-state index contributed by atoms with van der Waals surface area (Å²) in [5.74, 6) is -1.26. The average molecular weight is 412 g/mol. The highest BCUT2D eigenvalue weighted by molar-refractivity contribution is 7.17. The zero-order valence-electron chi connectivity index (χ0n) is 15.1. The lowest BCUT2D eigenvalue weighted by Gasteiger charge is -2.07. The molecule has 0 saturated heterocycles. The van der Waals surface area contributed by atoms with E-state index in [4.69, 9.17) is 9.15 Å². The summed E-state index contributed by atoms with van der Waals surface area (Å²) in [4.78, 5) is 17.8. The zero-order valence-corrected chi connectivity index (χ0v) is 15.9. The summed E-state index contributed by atoms with van der Waals surface area (Å²) in [6.45, 7) is 0. The molecule has 0 radical (unpaired) electrons. The van der Waals surface area contributed by atoms with E-state index >= 15 is 0 Å². The monoisotopic (exact) mass is 412 g/mol. The molecule has 0 aliphatic heterocycles. The molecule has 4 rings (SSSR count). The third kappa shape index (κ3) is 3.74. The highest BCUT2D eigenvalue weighted by Gasteiger charge is 2.18. The molecule has 1 amide bonds. The molecule has 0 aliphatic carbocycles. The third-order valence-electron chi connectivity index (χ3n) is 4.15. The van der Waals surface area contributed by atoms with Gasteiger partial charge in [-0.3, -0.25) is 4.79 Å². The number of para-hydroxylation sites is 1. The summed E-state index contributed by atoms with van der Waals surface area (Å²) in [6.07, 6.45) is 3.19. The Balaban J connectivity index is 1.65. The first-order valence-corrected chi connectivity index (χ1v) is 9.32. The van der Waals surface area contributed by atoms with E-state index in [1.54, 1.807) is 30.7 Å². The maximum atomic E-state index is 13.8. The SMILES string of the molecule is COc1ncc(-c2ccco2)cc1-c1ccc(C(=O)Nc2c(F)cccc2F)s1. The summed E-state index contributed by atoms with van der Waals surface area (Å²) in [5.41, 5.74) is 0.938. The fraction of sp³-hybridized carbons (Fsp3) is 0.0476. The number of furan rings is 1. The molecule has 0 saturated carbocycles. The molecular weight excluding hydrogens is 398 g/mol. The van der Waals surface area contributed by atoms with Crippen LogP contribution >= 0.6 is 11.3 Å². The number of halogens is 2. The topological polar surface area (TPSA) is 64.4 Å². The minimum absolute atomic E-state index is 0.285. The molecule has 0 bridgehead atoms. The van der Waals surface area contributed by atoms with Crippen molar-refractivity contribution in [1.82, 2.24) is 4.98 Å². The van der Waals surface area contributed by atoms with Crippen molar-refractivity contribution in [2.24, 2.45) is 0 Å². The van der Waals surface area contributed by atoms with Crippen molar-refractivity contribution in [3.05, 3.63) is 77.5 Å². The van der Waals surface area contributed by atoms with Crippen molar-refractivity contribution in [3.8, 4) is 27.6 Å². The number of benzene rings is 1. The predicted octanol–water partition coefficient (Wildman–Crippen LogP) is 5.61. The largest absolute Gasteiger partial charge is 0.481 e. The van der Waals surface area contributed by atoms with Gasteiger partial charge in [-0.2, -0.15) is 0 Å². The molecule has 0 aliphatic rings. The van der Waals surface area contributed by atoms with E-state index in [0.29, 0.717) is 22.1 Å². The normalized spacial score (nSPS) is 10.7. The number of hydrogen-bond acceptors (Lipinski definition) is 5. The van der Waals surface area contributed by atoms with Gasteiger partial charge in [-0.25, -0.2) is 13.8 Å².